The minimum atomic E-state index is -3.79. The average Bonchev–Trinajstić information content (AvgIpc) is 3.33. The Morgan fingerprint density at radius 1 is 1.06 bits per heavy atom. The Morgan fingerprint density at radius 2 is 1.71 bits per heavy atom. The number of hydrogen-bond acceptors (Lipinski definition) is 7. The lowest BCUT2D eigenvalue weighted by Gasteiger charge is -2.22. The molecule has 0 aromatic heterocycles. The summed E-state index contributed by atoms with van der Waals surface area (Å²) in [4.78, 5) is 12.9. The number of carbonyl (C=O) groups excluding carboxylic acids is 1. The molecule has 186 valence electrons. The highest BCUT2D eigenvalue weighted by atomic mass is 32.2. The van der Waals surface area contributed by atoms with E-state index in [1.807, 2.05) is 6.92 Å². The maximum Gasteiger partial charge on any atom is 0.245 e. The molecule has 1 aliphatic heterocycles. The van der Waals surface area contributed by atoms with Gasteiger partial charge in [-0.25, -0.2) is 16.8 Å². The van der Waals surface area contributed by atoms with Crippen LogP contribution in [0.2, 0.25) is 0 Å². The molecule has 1 fully saturated rings. The minimum absolute atomic E-state index is 0.0250. The smallest absolute Gasteiger partial charge is 0.245 e. The lowest BCUT2D eigenvalue weighted by atomic mass is 10.2. The number of methoxy groups -OCH3 is 1. The normalized spacial score (nSPS) is 14.6. The summed E-state index contributed by atoms with van der Waals surface area (Å²) in [5.41, 5.74) is 0.423. The van der Waals surface area contributed by atoms with Gasteiger partial charge in [-0.1, -0.05) is 0 Å². The number of ether oxygens (including phenoxy) is 2. The highest BCUT2D eigenvalue weighted by Gasteiger charge is 2.28. The predicted molar refractivity (Wildman–Crippen MR) is 129 cm³/mol. The molecule has 0 spiro atoms. The van der Waals surface area contributed by atoms with Crippen LogP contribution in [0.5, 0.6) is 11.5 Å². The number of hydrogen-bond donors (Lipinski definition) is 1. The molecule has 0 bridgehead atoms. The molecule has 2 aromatic rings. The molecule has 0 radical (unpaired) electrons. The fraction of sp³-hybridized carbons (Fsp3) is 0.409. The van der Waals surface area contributed by atoms with Crippen molar-refractivity contribution in [3.8, 4) is 11.5 Å². The van der Waals surface area contributed by atoms with Crippen molar-refractivity contribution >= 4 is 37.3 Å². The molecule has 3 rings (SSSR count). The number of benzene rings is 2. The van der Waals surface area contributed by atoms with Crippen molar-refractivity contribution in [3.63, 3.8) is 0 Å². The Kier molecular flexibility index (Phi) is 8.05. The van der Waals surface area contributed by atoms with Crippen LogP contribution in [0.25, 0.3) is 0 Å². The van der Waals surface area contributed by atoms with Gasteiger partial charge in [0.05, 0.1) is 36.2 Å². The van der Waals surface area contributed by atoms with Gasteiger partial charge in [-0.15, -0.1) is 0 Å². The fourth-order valence-electron chi connectivity index (χ4n) is 3.62. The van der Waals surface area contributed by atoms with Gasteiger partial charge in [0.2, 0.25) is 26.0 Å². The number of rotatable bonds is 10. The molecule has 0 atom stereocenters. The van der Waals surface area contributed by atoms with E-state index in [4.69, 9.17) is 9.47 Å². The number of carbonyl (C=O) groups is 1. The second-order valence-electron chi connectivity index (χ2n) is 7.72. The Morgan fingerprint density at radius 3 is 2.26 bits per heavy atom. The molecule has 1 saturated heterocycles. The van der Waals surface area contributed by atoms with Crippen LogP contribution in [0.15, 0.2) is 47.4 Å². The number of nitrogens with zero attached hydrogens (tertiary/aromatic N) is 2. The maximum atomic E-state index is 12.9. The zero-order chi connectivity index (χ0) is 24.9. The van der Waals surface area contributed by atoms with Gasteiger partial charge in [-0.3, -0.25) is 9.10 Å². The number of nitrogens with one attached hydrogen (secondary N) is 1. The predicted octanol–water partition coefficient (Wildman–Crippen LogP) is 2.28. The second-order valence-corrected chi connectivity index (χ2v) is 11.6. The van der Waals surface area contributed by atoms with Crippen molar-refractivity contribution in [1.29, 1.82) is 0 Å². The molecule has 0 aliphatic carbocycles. The van der Waals surface area contributed by atoms with Crippen LogP contribution in [0, 0.1) is 0 Å². The number of sulfonamides is 2. The van der Waals surface area contributed by atoms with Gasteiger partial charge in [0.15, 0.2) is 0 Å². The fourth-order valence-corrected chi connectivity index (χ4v) is 6.02. The molecule has 34 heavy (non-hydrogen) atoms. The van der Waals surface area contributed by atoms with Crippen LogP contribution in [-0.2, 0) is 24.8 Å². The molecular weight excluding hydrogens is 482 g/mol. The standard InChI is InChI=1S/C22H29N3O7S2/c1-4-32-18-9-7-17(8-10-18)25(33(3,27)28)16-22(26)23-20-15-19(11-12-21(20)31-2)34(29,30)24-13-5-6-14-24/h7-12,15H,4-6,13-14,16H2,1-3H3,(H,23,26). The highest BCUT2D eigenvalue weighted by molar-refractivity contribution is 7.92. The first kappa shape index (κ1) is 25.8. The van der Waals surface area contributed by atoms with Crippen molar-refractivity contribution in [2.45, 2.75) is 24.7 Å². The summed E-state index contributed by atoms with van der Waals surface area (Å²) in [6.45, 7) is 2.68. The maximum absolute atomic E-state index is 12.9. The summed E-state index contributed by atoms with van der Waals surface area (Å²) in [5.74, 6) is 0.166. The van der Waals surface area contributed by atoms with Crippen LogP contribution in [0.1, 0.15) is 19.8 Å². The first-order valence-electron chi connectivity index (χ1n) is 10.7. The summed E-state index contributed by atoms with van der Waals surface area (Å²) in [5, 5.41) is 2.59. The summed E-state index contributed by atoms with van der Waals surface area (Å²) >= 11 is 0. The molecule has 1 heterocycles. The first-order chi connectivity index (χ1) is 16.1. The van der Waals surface area contributed by atoms with Gasteiger partial charge in [-0.2, -0.15) is 4.31 Å². The number of anilines is 2. The molecular formula is C22H29N3O7S2. The Balaban J connectivity index is 1.84. The first-order valence-corrected chi connectivity index (χ1v) is 14.0. The van der Waals surface area contributed by atoms with E-state index >= 15 is 0 Å². The van der Waals surface area contributed by atoms with Crippen molar-refractivity contribution in [1.82, 2.24) is 4.31 Å². The van der Waals surface area contributed by atoms with Gasteiger partial charge in [0, 0.05) is 13.1 Å². The molecule has 0 saturated carbocycles. The highest BCUT2D eigenvalue weighted by Crippen LogP contribution is 2.30. The molecule has 1 aliphatic rings. The lowest BCUT2D eigenvalue weighted by molar-refractivity contribution is -0.114. The Hall–Kier alpha value is -2.83. The van der Waals surface area contributed by atoms with Gasteiger partial charge >= 0.3 is 0 Å². The monoisotopic (exact) mass is 511 g/mol. The molecule has 2 aromatic carbocycles. The molecule has 10 nitrogen and oxygen atoms in total. The van der Waals surface area contributed by atoms with E-state index in [1.54, 1.807) is 24.3 Å². The zero-order valence-corrected chi connectivity index (χ0v) is 21.0. The van der Waals surface area contributed by atoms with Crippen LogP contribution >= 0.6 is 0 Å². The van der Waals surface area contributed by atoms with E-state index in [-0.39, 0.29) is 16.3 Å². The van der Waals surface area contributed by atoms with Gasteiger partial charge in [0.25, 0.3) is 0 Å². The van der Waals surface area contributed by atoms with Crippen molar-refractivity contribution in [2.75, 3.05) is 49.2 Å². The topological polar surface area (TPSA) is 122 Å². The van der Waals surface area contributed by atoms with Crippen molar-refractivity contribution in [3.05, 3.63) is 42.5 Å². The lowest BCUT2D eigenvalue weighted by Crippen LogP contribution is -2.37. The third-order valence-corrected chi connectivity index (χ3v) is 8.31. The Bertz CT molecular complexity index is 1220. The van der Waals surface area contributed by atoms with Crippen LogP contribution in [0.3, 0.4) is 0 Å². The van der Waals surface area contributed by atoms with Crippen LogP contribution < -0.4 is 19.1 Å². The van der Waals surface area contributed by atoms with E-state index in [2.05, 4.69) is 5.32 Å². The van der Waals surface area contributed by atoms with Crippen LogP contribution in [0.4, 0.5) is 11.4 Å². The minimum Gasteiger partial charge on any atom is -0.495 e. The van der Waals surface area contributed by atoms with Crippen molar-refractivity contribution in [2.24, 2.45) is 0 Å². The van der Waals surface area contributed by atoms with Gasteiger partial charge in [0.1, 0.15) is 18.0 Å². The third-order valence-electron chi connectivity index (χ3n) is 5.27. The Labute approximate surface area is 200 Å². The van der Waals surface area contributed by atoms with E-state index in [1.165, 1.54) is 29.6 Å². The summed E-state index contributed by atoms with van der Waals surface area (Å²) < 4.78 is 63.6. The van der Waals surface area contributed by atoms with E-state index in [9.17, 15) is 21.6 Å². The van der Waals surface area contributed by atoms with E-state index in [0.717, 1.165) is 23.4 Å². The number of amides is 1. The average molecular weight is 512 g/mol. The zero-order valence-electron chi connectivity index (χ0n) is 19.4. The summed E-state index contributed by atoms with van der Waals surface area (Å²) in [6.07, 6.45) is 2.60. The molecule has 0 unspecified atom stereocenters. The van der Waals surface area contributed by atoms with Crippen molar-refractivity contribution < 1.29 is 31.1 Å². The van der Waals surface area contributed by atoms with Crippen LogP contribution in [-0.4, -0.2) is 66.7 Å². The third kappa shape index (κ3) is 5.99. The molecule has 1 N–H and O–H groups in total. The SMILES string of the molecule is CCOc1ccc(N(CC(=O)Nc2cc(S(=O)(=O)N3CCCC3)ccc2OC)S(C)(=O)=O)cc1. The second kappa shape index (κ2) is 10.6. The molecule has 1 amide bonds. The largest absolute Gasteiger partial charge is 0.495 e. The summed E-state index contributed by atoms with van der Waals surface area (Å²) in [7, 11) is -6.11. The van der Waals surface area contributed by atoms with E-state index in [0.29, 0.717) is 31.1 Å². The van der Waals surface area contributed by atoms with Gasteiger partial charge < -0.3 is 14.8 Å². The van der Waals surface area contributed by atoms with E-state index < -0.39 is 32.5 Å². The summed E-state index contributed by atoms with van der Waals surface area (Å²) in [6, 6.07) is 10.5. The van der Waals surface area contributed by atoms with Gasteiger partial charge in [-0.05, 0) is 62.2 Å². The quantitative estimate of drug-likeness (QED) is 0.519. The molecule has 12 heteroatoms.